The highest BCUT2D eigenvalue weighted by molar-refractivity contribution is 9.11. The first-order valence-corrected chi connectivity index (χ1v) is 8.39. The van der Waals surface area contributed by atoms with Gasteiger partial charge in [0.25, 0.3) is 0 Å². The molecule has 0 spiro atoms. The van der Waals surface area contributed by atoms with Gasteiger partial charge >= 0.3 is 0 Å². The number of allylic oxidation sites excluding steroid dienone is 2. The summed E-state index contributed by atoms with van der Waals surface area (Å²) in [5, 5.41) is 0. The van der Waals surface area contributed by atoms with Crippen molar-refractivity contribution in [2.75, 3.05) is 6.79 Å². The molecule has 21 heavy (non-hydrogen) atoms. The fourth-order valence-electron chi connectivity index (χ4n) is 3.12. The van der Waals surface area contributed by atoms with E-state index in [0.29, 0.717) is 12.7 Å². The van der Waals surface area contributed by atoms with Crippen LogP contribution in [-0.2, 0) is 15.9 Å². The number of rotatable bonds is 3. The standard InChI is InChI=1S/C18H21BrO2/c1-3-4-13-5-7-14(8-6-13)18-16-10-15(19)9-12(2)17(16)20-11-21-18/h5-10,12,17-18H,3-4,11H2,1-2H3. The Labute approximate surface area is 135 Å². The number of hydrogen-bond acceptors (Lipinski definition) is 2. The van der Waals surface area contributed by atoms with Gasteiger partial charge < -0.3 is 9.47 Å². The average molecular weight is 349 g/mol. The molecule has 3 atom stereocenters. The van der Waals surface area contributed by atoms with Gasteiger partial charge in [0, 0.05) is 10.4 Å². The zero-order chi connectivity index (χ0) is 14.8. The summed E-state index contributed by atoms with van der Waals surface area (Å²) in [6, 6.07) is 8.81. The minimum absolute atomic E-state index is 0.00289. The van der Waals surface area contributed by atoms with Gasteiger partial charge in [-0.25, -0.2) is 0 Å². The number of hydrogen-bond donors (Lipinski definition) is 0. The third-order valence-electron chi connectivity index (χ3n) is 4.14. The molecule has 112 valence electrons. The number of halogens is 1. The Bertz CT molecular complexity index is 559. The van der Waals surface area contributed by atoms with Gasteiger partial charge in [0.1, 0.15) is 12.9 Å². The van der Waals surface area contributed by atoms with Gasteiger partial charge in [0.15, 0.2) is 0 Å². The molecule has 0 bridgehead atoms. The van der Waals surface area contributed by atoms with E-state index in [1.165, 1.54) is 23.1 Å². The Hall–Kier alpha value is -0.900. The van der Waals surface area contributed by atoms with Crippen molar-refractivity contribution >= 4 is 15.9 Å². The quantitative estimate of drug-likeness (QED) is 0.772. The molecular formula is C18H21BrO2. The molecule has 1 aliphatic heterocycles. The molecule has 2 aliphatic rings. The van der Waals surface area contributed by atoms with Gasteiger partial charge in [-0.2, -0.15) is 0 Å². The lowest BCUT2D eigenvalue weighted by molar-refractivity contribution is -0.151. The molecule has 0 radical (unpaired) electrons. The van der Waals surface area contributed by atoms with Crippen LogP contribution in [0, 0.1) is 5.92 Å². The van der Waals surface area contributed by atoms with Crippen LogP contribution >= 0.6 is 15.9 Å². The predicted octanol–water partition coefficient (Wildman–Crippen LogP) is 4.91. The molecule has 0 saturated carbocycles. The summed E-state index contributed by atoms with van der Waals surface area (Å²) in [5.41, 5.74) is 3.81. The lowest BCUT2D eigenvalue weighted by Crippen LogP contribution is -2.35. The first kappa shape index (κ1) is 15.0. The van der Waals surface area contributed by atoms with Crippen LogP contribution in [0.5, 0.6) is 0 Å². The smallest absolute Gasteiger partial charge is 0.148 e. The van der Waals surface area contributed by atoms with E-state index in [1.807, 2.05) is 0 Å². The second-order valence-corrected chi connectivity index (χ2v) is 6.71. The molecule has 1 aromatic rings. The minimum Gasteiger partial charge on any atom is -0.347 e. The van der Waals surface area contributed by atoms with Crippen LogP contribution in [0.3, 0.4) is 0 Å². The summed E-state index contributed by atoms with van der Waals surface area (Å²) in [5.74, 6) is 0.366. The topological polar surface area (TPSA) is 18.5 Å². The van der Waals surface area contributed by atoms with Crippen LogP contribution in [0.25, 0.3) is 0 Å². The highest BCUT2D eigenvalue weighted by atomic mass is 79.9. The van der Waals surface area contributed by atoms with Crippen molar-refractivity contribution in [1.82, 2.24) is 0 Å². The van der Waals surface area contributed by atoms with E-state index in [9.17, 15) is 0 Å². The highest BCUT2D eigenvalue weighted by Gasteiger charge is 2.35. The fraction of sp³-hybridized carbons (Fsp3) is 0.444. The molecule has 2 nitrogen and oxygen atoms in total. The maximum absolute atomic E-state index is 5.89. The maximum Gasteiger partial charge on any atom is 0.148 e. The van der Waals surface area contributed by atoms with Crippen molar-refractivity contribution in [2.45, 2.75) is 38.9 Å². The Morgan fingerprint density at radius 3 is 2.67 bits per heavy atom. The Kier molecular flexibility index (Phi) is 4.63. The Morgan fingerprint density at radius 2 is 1.95 bits per heavy atom. The summed E-state index contributed by atoms with van der Waals surface area (Å²) in [4.78, 5) is 0. The molecule has 0 N–H and O–H groups in total. The normalized spacial score (nSPS) is 28.6. The van der Waals surface area contributed by atoms with Crippen LogP contribution in [0.1, 0.15) is 37.5 Å². The van der Waals surface area contributed by atoms with E-state index < -0.39 is 0 Å². The second-order valence-electron chi connectivity index (χ2n) is 5.80. The number of ether oxygens (including phenoxy) is 2. The molecule has 1 aliphatic carbocycles. The van der Waals surface area contributed by atoms with Crippen LogP contribution in [0.2, 0.25) is 0 Å². The lowest BCUT2D eigenvalue weighted by atomic mass is 9.85. The number of benzene rings is 1. The largest absolute Gasteiger partial charge is 0.347 e. The Balaban J connectivity index is 1.88. The van der Waals surface area contributed by atoms with Gasteiger partial charge in [-0.3, -0.25) is 0 Å². The Morgan fingerprint density at radius 1 is 1.19 bits per heavy atom. The summed E-state index contributed by atoms with van der Waals surface area (Å²) < 4.78 is 12.8. The highest BCUT2D eigenvalue weighted by Crippen LogP contribution is 2.40. The van der Waals surface area contributed by atoms with Gasteiger partial charge in [-0.05, 0) is 29.2 Å². The van der Waals surface area contributed by atoms with Crippen LogP contribution < -0.4 is 0 Å². The number of fused-ring (bicyclic) bond motifs is 1. The third-order valence-corrected chi connectivity index (χ3v) is 4.63. The third kappa shape index (κ3) is 3.15. The maximum atomic E-state index is 5.89. The predicted molar refractivity (Wildman–Crippen MR) is 88.3 cm³/mol. The van der Waals surface area contributed by atoms with Crippen LogP contribution in [0.4, 0.5) is 0 Å². The summed E-state index contributed by atoms with van der Waals surface area (Å²) in [6.45, 7) is 4.75. The van der Waals surface area contributed by atoms with Crippen molar-refractivity contribution in [2.24, 2.45) is 5.92 Å². The second kappa shape index (κ2) is 6.47. The number of aryl methyl sites for hydroxylation is 1. The van der Waals surface area contributed by atoms with Crippen molar-refractivity contribution < 1.29 is 9.47 Å². The molecule has 3 rings (SSSR count). The fourth-order valence-corrected chi connectivity index (χ4v) is 3.80. The van der Waals surface area contributed by atoms with Gasteiger partial charge in [-0.1, -0.05) is 66.5 Å². The van der Waals surface area contributed by atoms with E-state index >= 15 is 0 Å². The summed E-state index contributed by atoms with van der Waals surface area (Å²) >= 11 is 3.60. The van der Waals surface area contributed by atoms with Crippen molar-refractivity contribution in [3.63, 3.8) is 0 Å². The zero-order valence-corrected chi connectivity index (χ0v) is 14.1. The van der Waals surface area contributed by atoms with E-state index in [2.05, 4.69) is 66.2 Å². The average Bonchev–Trinajstić information content (AvgIpc) is 2.48. The van der Waals surface area contributed by atoms with Gasteiger partial charge in [-0.15, -0.1) is 0 Å². The first-order valence-electron chi connectivity index (χ1n) is 7.60. The van der Waals surface area contributed by atoms with Crippen molar-refractivity contribution in [3.05, 3.63) is 57.6 Å². The molecule has 1 heterocycles. The first-order chi connectivity index (χ1) is 10.2. The zero-order valence-electron chi connectivity index (χ0n) is 12.5. The van der Waals surface area contributed by atoms with Crippen molar-refractivity contribution in [3.8, 4) is 0 Å². The van der Waals surface area contributed by atoms with Gasteiger partial charge in [0.05, 0.1) is 6.10 Å². The molecule has 0 aromatic heterocycles. The van der Waals surface area contributed by atoms with Crippen molar-refractivity contribution in [1.29, 1.82) is 0 Å². The molecule has 1 saturated heterocycles. The molecule has 1 fully saturated rings. The molecular weight excluding hydrogens is 328 g/mol. The monoisotopic (exact) mass is 348 g/mol. The van der Waals surface area contributed by atoms with E-state index in [1.54, 1.807) is 0 Å². The SMILES string of the molecule is CCCc1ccc(C2OCOC3C2=CC(Br)=CC3C)cc1. The van der Waals surface area contributed by atoms with E-state index in [0.717, 1.165) is 10.9 Å². The summed E-state index contributed by atoms with van der Waals surface area (Å²) in [6.07, 6.45) is 6.78. The molecule has 3 unspecified atom stereocenters. The van der Waals surface area contributed by atoms with Gasteiger partial charge in [0.2, 0.25) is 0 Å². The summed E-state index contributed by atoms with van der Waals surface area (Å²) in [7, 11) is 0. The molecule has 0 amide bonds. The van der Waals surface area contributed by atoms with E-state index in [-0.39, 0.29) is 12.2 Å². The molecule has 1 aromatic carbocycles. The van der Waals surface area contributed by atoms with Crippen LogP contribution in [0.15, 0.2) is 46.5 Å². The lowest BCUT2D eigenvalue weighted by Gasteiger charge is -2.37. The van der Waals surface area contributed by atoms with E-state index in [4.69, 9.17) is 9.47 Å². The van der Waals surface area contributed by atoms with Crippen LogP contribution in [-0.4, -0.2) is 12.9 Å². The molecule has 3 heteroatoms. The minimum atomic E-state index is 0.00289.